The molecule has 0 spiro atoms. The highest BCUT2D eigenvalue weighted by atomic mass is 16.5. The maximum atomic E-state index is 5.83. The molecule has 0 amide bonds. The number of ether oxygens (including phenoxy) is 2. The molecule has 0 aliphatic carbocycles. The Bertz CT molecular complexity index is 641. The van der Waals surface area contributed by atoms with Crippen LogP contribution in [0.1, 0.15) is 13.8 Å². The van der Waals surface area contributed by atoms with Crippen molar-refractivity contribution in [2.24, 2.45) is 0 Å². The summed E-state index contributed by atoms with van der Waals surface area (Å²) in [6, 6.07) is 12.1. The molecule has 0 bridgehead atoms. The van der Waals surface area contributed by atoms with Crippen LogP contribution in [0, 0.1) is 0 Å². The second-order valence-corrected chi connectivity index (χ2v) is 5.13. The zero-order chi connectivity index (χ0) is 14.5. The van der Waals surface area contributed by atoms with Gasteiger partial charge in [0.25, 0.3) is 0 Å². The van der Waals surface area contributed by atoms with Crippen LogP contribution in [0.15, 0.2) is 60.7 Å². The maximum absolute atomic E-state index is 5.83. The smallest absolute Gasteiger partial charge is 0.131 e. The molecule has 0 saturated carbocycles. The molecular formula is C18H20O2. The van der Waals surface area contributed by atoms with Gasteiger partial charge in [0.2, 0.25) is 0 Å². The van der Waals surface area contributed by atoms with Gasteiger partial charge in [-0.3, -0.25) is 0 Å². The Morgan fingerprint density at radius 3 is 2.30 bits per heavy atom. The van der Waals surface area contributed by atoms with Crippen molar-refractivity contribution in [3.05, 3.63) is 60.7 Å². The average Bonchev–Trinajstić information content (AvgIpc) is 2.42. The number of benzene rings is 2. The number of hydrogen-bond acceptors (Lipinski definition) is 2. The SMILES string of the molecule is C=C(C)COc1cc(OCC(=C)C)c2ccccc2c1. The van der Waals surface area contributed by atoms with Crippen LogP contribution in [0.4, 0.5) is 0 Å². The van der Waals surface area contributed by atoms with Gasteiger partial charge in [0, 0.05) is 11.5 Å². The zero-order valence-corrected chi connectivity index (χ0v) is 12.1. The lowest BCUT2D eigenvalue weighted by molar-refractivity contribution is 0.338. The van der Waals surface area contributed by atoms with E-state index in [1.54, 1.807) is 0 Å². The molecule has 0 unspecified atom stereocenters. The van der Waals surface area contributed by atoms with E-state index in [1.807, 2.05) is 44.2 Å². The quantitative estimate of drug-likeness (QED) is 0.704. The molecule has 2 aromatic rings. The fraction of sp³-hybridized carbons (Fsp3) is 0.222. The molecule has 0 saturated heterocycles. The minimum Gasteiger partial charge on any atom is -0.489 e. The first-order valence-electron chi connectivity index (χ1n) is 6.63. The first-order chi connectivity index (χ1) is 9.56. The van der Waals surface area contributed by atoms with Crippen LogP contribution in [-0.4, -0.2) is 13.2 Å². The summed E-state index contributed by atoms with van der Waals surface area (Å²) in [5.74, 6) is 1.62. The topological polar surface area (TPSA) is 18.5 Å². The van der Waals surface area contributed by atoms with Crippen molar-refractivity contribution in [1.82, 2.24) is 0 Å². The molecule has 20 heavy (non-hydrogen) atoms. The highest BCUT2D eigenvalue weighted by molar-refractivity contribution is 5.89. The van der Waals surface area contributed by atoms with Gasteiger partial charge in [0.05, 0.1) is 0 Å². The van der Waals surface area contributed by atoms with Crippen molar-refractivity contribution in [1.29, 1.82) is 0 Å². The van der Waals surface area contributed by atoms with Crippen molar-refractivity contribution in [3.8, 4) is 11.5 Å². The molecule has 0 aliphatic rings. The van der Waals surface area contributed by atoms with Gasteiger partial charge in [-0.2, -0.15) is 0 Å². The summed E-state index contributed by atoms with van der Waals surface area (Å²) in [5.41, 5.74) is 1.98. The van der Waals surface area contributed by atoms with Crippen LogP contribution < -0.4 is 9.47 Å². The fourth-order valence-electron chi connectivity index (χ4n) is 1.86. The largest absolute Gasteiger partial charge is 0.489 e. The molecule has 0 radical (unpaired) electrons. The molecule has 2 nitrogen and oxygen atoms in total. The van der Waals surface area contributed by atoms with Crippen LogP contribution in [0.3, 0.4) is 0 Å². The van der Waals surface area contributed by atoms with Crippen LogP contribution in [0.25, 0.3) is 10.8 Å². The maximum Gasteiger partial charge on any atom is 0.131 e. The molecule has 0 fully saturated rings. The third-order valence-electron chi connectivity index (χ3n) is 2.76. The van der Waals surface area contributed by atoms with Crippen molar-refractivity contribution < 1.29 is 9.47 Å². The van der Waals surface area contributed by atoms with Crippen molar-refractivity contribution >= 4 is 10.8 Å². The standard InChI is InChI=1S/C18H20O2/c1-13(2)11-19-16-9-15-7-5-6-8-17(15)18(10-16)20-12-14(3)4/h5-10H,1,3,11-12H2,2,4H3. The fourth-order valence-corrected chi connectivity index (χ4v) is 1.86. The summed E-state index contributed by atoms with van der Waals surface area (Å²) in [5, 5.41) is 2.18. The molecule has 0 N–H and O–H groups in total. The summed E-state index contributed by atoms with van der Waals surface area (Å²) in [4.78, 5) is 0. The Balaban J connectivity index is 2.35. The van der Waals surface area contributed by atoms with Gasteiger partial charge in [-0.05, 0) is 36.4 Å². The molecule has 0 heterocycles. The van der Waals surface area contributed by atoms with Crippen molar-refractivity contribution in [2.45, 2.75) is 13.8 Å². The van der Waals surface area contributed by atoms with E-state index in [9.17, 15) is 0 Å². The summed E-state index contributed by atoms with van der Waals surface area (Å²) in [6.45, 7) is 12.6. The molecule has 104 valence electrons. The Morgan fingerprint density at radius 1 is 0.950 bits per heavy atom. The molecule has 0 atom stereocenters. The summed E-state index contributed by atoms with van der Waals surface area (Å²) in [7, 11) is 0. The molecule has 0 aromatic heterocycles. The highest BCUT2D eigenvalue weighted by Crippen LogP contribution is 2.31. The number of rotatable bonds is 6. The first-order valence-corrected chi connectivity index (χ1v) is 6.63. The van der Waals surface area contributed by atoms with Gasteiger partial charge in [-0.15, -0.1) is 0 Å². The first kappa shape index (κ1) is 14.2. The van der Waals surface area contributed by atoms with Crippen LogP contribution in [-0.2, 0) is 0 Å². The Labute approximate surface area is 120 Å². The lowest BCUT2D eigenvalue weighted by atomic mass is 10.1. The van der Waals surface area contributed by atoms with E-state index < -0.39 is 0 Å². The summed E-state index contributed by atoms with van der Waals surface area (Å²) < 4.78 is 11.5. The van der Waals surface area contributed by atoms with E-state index in [0.717, 1.165) is 33.4 Å². The van der Waals surface area contributed by atoms with E-state index in [2.05, 4.69) is 19.2 Å². The van der Waals surface area contributed by atoms with Crippen molar-refractivity contribution in [2.75, 3.05) is 13.2 Å². The molecule has 2 aromatic carbocycles. The summed E-state index contributed by atoms with van der Waals surface area (Å²) >= 11 is 0. The predicted octanol–water partition coefficient (Wildman–Crippen LogP) is 4.75. The molecule has 2 heteroatoms. The Kier molecular flexibility index (Phi) is 4.46. The lowest BCUT2D eigenvalue weighted by Crippen LogP contribution is -2.01. The predicted molar refractivity (Wildman–Crippen MR) is 84.6 cm³/mol. The normalized spacial score (nSPS) is 10.3. The van der Waals surface area contributed by atoms with Gasteiger partial charge in [-0.1, -0.05) is 37.4 Å². The van der Waals surface area contributed by atoms with E-state index in [0.29, 0.717) is 13.2 Å². The van der Waals surface area contributed by atoms with Crippen LogP contribution in [0.5, 0.6) is 11.5 Å². The van der Waals surface area contributed by atoms with E-state index in [-0.39, 0.29) is 0 Å². The van der Waals surface area contributed by atoms with E-state index >= 15 is 0 Å². The van der Waals surface area contributed by atoms with Crippen LogP contribution in [0.2, 0.25) is 0 Å². The van der Waals surface area contributed by atoms with E-state index in [1.165, 1.54) is 0 Å². The summed E-state index contributed by atoms with van der Waals surface area (Å²) in [6.07, 6.45) is 0. The minimum absolute atomic E-state index is 0.508. The average molecular weight is 268 g/mol. The lowest BCUT2D eigenvalue weighted by Gasteiger charge is -2.13. The van der Waals surface area contributed by atoms with Gasteiger partial charge in [0.1, 0.15) is 24.7 Å². The minimum atomic E-state index is 0.508. The van der Waals surface area contributed by atoms with Gasteiger partial charge in [-0.25, -0.2) is 0 Å². The third-order valence-corrected chi connectivity index (χ3v) is 2.76. The van der Waals surface area contributed by atoms with Gasteiger partial charge >= 0.3 is 0 Å². The monoisotopic (exact) mass is 268 g/mol. The second-order valence-electron chi connectivity index (χ2n) is 5.13. The van der Waals surface area contributed by atoms with Gasteiger partial charge < -0.3 is 9.47 Å². The zero-order valence-electron chi connectivity index (χ0n) is 12.1. The second kappa shape index (κ2) is 6.29. The number of fused-ring (bicyclic) bond motifs is 1. The molecule has 2 rings (SSSR count). The molecule has 0 aliphatic heterocycles. The van der Waals surface area contributed by atoms with Crippen molar-refractivity contribution in [3.63, 3.8) is 0 Å². The Morgan fingerprint density at radius 2 is 1.60 bits per heavy atom. The van der Waals surface area contributed by atoms with E-state index in [4.69, 9.17) is 9.47 Å². The van der Waals surface area contributed by atoms with Gasteiger partial charge in [0.15, 0.2) is 0 Å². The number of hydrogen-bond donors (Lipinski definition) is 0. The highest BCUT2D eigenvalue weighted by Gasteiger charge is 2.06. The molecular weight excluding hydrogens is 248 g/mol. The Hall–Kier alpha value is -2.22. The third kappa shape index (κ3) is 3.64. The van der Waals surface area contributed by atoms with Crippen LogP contribution >= 0.6 is 0 Å².